The van der Waals surface area contributed by atoms with E-state index in [4.69, 9.17) is 5.73 Å². The predicted octanol–water partition coefficient (Wildman–Crippen LogP) is 2.81. The van der Waals surface area contributed by atoms with Crippen LogP contribution < -0.4 is 5.73 Å². The molecule has 1 saturated carbocycles. The number of nitrogens with two attached hydrogens (primary N) is 1. The Morgan fingerprint density at radius 2 is 2.17 bits per heavy atom. The van der Waals surface area contributed by atoms with Gasteiger partial charge in [-0.2, -0.15) is 0 Å². The molecule has 0 radical (unpaired) electrons. The summed E-state index contributed by atoms with van der Waals surface area (Å²) in [5.41, 5.74) is 6.23. The van der Waals surface area contributed by atoms with Crippen LogP contribution in [-0.2, 0) is 0 Å². The zero-order chi connectivity index (χ0) is 13.1. The predicted molar refractivity (Wildman–Crippen MR) is 69.8 cm³/mol. The Kier molecular flexibility index (Phi) is 3.84. The van der Waals surface area contributed by atoms with Gasteiger partial charge in [-0.25, -0.2) is 4.39 Å². The summed E-state index contributed by atoms with van der Waals surface area (Å²) in [6.45, 7) is 2.84. The van der Waals surface area contributed by atoms with E-state index in [-0.39, 0.29) is 5.91 Å². The van der Waals surface area contributed by atoms with E-state index >= 15 is 0 Å². The number of hydrogen-bond acceptors (Lipinski definition) is 2. The molecular formula is C14H19FN2O. The normalized spacial score (nSPS) is 14.6. The highest BCUT2D eigenvalue weighted by Crippen LogP contribution is 2.29. The highest BCUT2D eigenvalue weighted by Gasteiger charge is 2.32. The van der Waals surface area contributed by atoms with Gasteiger partial charge in [-0.05, 0) is 37.5 Å². The third kappa shape index (κ3) is 3.00. The molecule has 2 rings (SSSR count). The van der Waals surface area contributed by atoms with Crippen molar-refractivity contribution in [3.63, 3.8) is 0 Å². The molecule has 3 nitrogen and oxygen atoms in total. The first-order valence-electron chi connectivity index (χ1n) is 6.49. The SMILES string of the molecule is CCCCN(C(=O)c1cc(N)cc(F)c1)C1CC1. The molecule has 1 aliphatic carbocycles. The number of benzene rings is 1. The van der Waals surface area contributed by atoms with Crippen LogP contribution in [0, 0.1) is 5.82 Å². The van der Waals surface area contributed by atoms with E-state index in [1.165, 1.54) is 12.1 Å². The van der Waals surface area contributed by atoms with Crippen molar-refractivity contribution in [3.05, 3.63) is 29.6 Å². The van der Waals surface area contributed by atoms with Gasteiger partial charge in [0, 0.05) is 23.8 Å². The number of halogens is 1. The first-order valence-corrected chi connectivity index (χ1v) is 6.49. The fraction of sp³-hybridized carbons (Fsp3) is 0.500. The zero-order valence-electron chi connectivity index (χ0n) is 10.7. The van der Waals surface area contributed by atoms with Crippen molar-refractivity contribution in [2.24, 2.45) is 0 Å². The second kappa shape index (κ2) is 5.38. The van der Waals surface area contributed by atoms with E-state index in [1.54, 1.807) is 6.07 Å². The third-order valence-corrected chi connectivity index (χ3v) is 3.17. The Hall–Kier alpha value is -1.58. The molecule has 1 aromatic rings. The number of nitrogens with zero attached hydrogens (tertiary/aromatic N) is 1. The largest absolute Gasteiger partial charge is 0.399 e. The summed E-state index contributed by atoms with van der Waals surface area (Å²) < 4.78 is 13.3. The van der Waals surface area contributed by atoms with E-state index in [9.17, 15) is 9.18 Å². The summed E-state index contributed by atoms with van der Waals surface area (Å²) in [7, 11) is 0. The lowest BCUT2D eigenvalue weighted by Gasteiger charge is -2.22. The van der Waals surface area contributed by atoms with Crippen LogP contribution in [0.15, 0.2) is 18.2 Å². The number of carbonyl (C=O) groups excluding carboxylic acids is 1. The Morgan fingerprint density at radius 3 is 2.72 bits per heavy atom. The van der Waals surface area contributed by atoms with Gasteiger partial charge < -0.3 is 10.6 Å². The Labute approximate surface area is 107 Å². The van der Waals surface area contributed by atoms with Crippen LogP contribution in [0.1, 0.15) is 43.0 Å². The molecule has 18 heavy (non-hydrogen) atoms. The maximum absolute atomic E-state index is 13.3. The Bertz CT molecular complexity index is 423. The molecule has 0 heterocycles. The minimum absolute atomic E-state index is 0.0999. The van der Waals surface area contributed by atoms with Gasteiger partial charge in [0.05, 0.1) is 0 Å². The molecule has 0 aliphatic heterocycles. The molecule has 0 saturated heterocycles. The van der Waals surface area contributed by atoms with Crippen LogP contribution in [-0.4, -0.2) is 23.4 Å². The molecule has 1 aliphatic rings. The smallest absolute Gasteiger partial charge is 0.254 e. The van der Waals surface area contributed by atoms with E-state index in [0.717, 1.165) is 32.2 Å². The summed E-state index contributed by atoms with van der Waals surface area (Å²) in [6, 6.07) is 4.38. The number of unbranched alkanes of at least 4 members (excludes halogenated alkanes) is 1. The number of anilines is 1. The van der Waals surface area contributed by atoms with Crippen LogP contribution in [0.4, 0.5) is 10.1 Å². The molecule has 0 bridgehead atoms. The van der Waals surface area contributed by atoms with Crippen LogP contribution >= 0.6 is 0 Å². The van der Waals surface area contributed by atoms with Crippen LogP contribution in [0.2, 0.25) is 0 Å². The van der Waals surface area contributed by atoms with E-state index in [2.05, 4.69) is 6.92 Å². The van der Waals surface area contributed by atoms with E-state index < -0.39 is 5.82 Å². The summed E-state index contributed by atoms with van der Waals surface area (Å²) in [6.07, 6.45) is 4.13. The molecule has 0 spiro atoms. The van der Waals surface area contributed by atoms with Gasteiger partial charge in [-0.1, -0.05) is 13.3 Å². The van der Waals surface area contributed by atoms with Gasteiger partial charge in [0.1, 0.15) is 5.82 Å². The summed E-state index contributed by atoms with van der Waals surface area (Å²) in [5, 5.41) is 0. The minimum atomic E-state index is -0.454. The lowest BCUT2D eigenvalue weighted by Crippen LogP contribution is -2.34. The van der Waals surface area contributed by atoms with Crippen molar-refractivity contribution >= 4 is 11.6 Å². The number of rotatable bonds is 5. The molecule has 1 aromatic carbocycles. The number of nitrogen functional groups attached to an aromatic ring is 1. The molecule has 1 fully saturated rings. The quantitative estimate of drug-likeness (QED) is 0.817. The monoisotopic (exact) mass is 250 g/mol. The fourth-order valence-corrected chi connectivity index (χ4v) is 2.07. The standard InChI is InChI=1S/C14H19FN2O/c1-2-3-6-17(13-4-5-13)14(18)10-7-11(15)9-12(16)8-10/h7-9,13H,2-6,16H2,1H3. The van der Waals surface area contributed by atoms with Crippen LogP contribution in [0.5, 0.6) is 0 Å². The molecule has 0 atom stereocenters. The first-order chi connectivity index (χ1) is 8.61. The number of carbonyl (C=O) groups is 1. The lowest BCUT2D eigenvalue weighted by molar-refractivity contribution is 0.0740. The van der Waals surface area contributed by atoms with Crippen molar-refractivity contribution in [3.8, 4) is 0 Å². The Morgan fingerprint density at radius 1 is 1.44 bits per heavy atom. The van der Waals surface area contributed by atoms with Gasteiger partial charge in [0.15, 0.2) is 0 Å². The molecule has 0 aromatic heterocycles. The second-order valence-electron chi connectivity index (χ2n) is 4.86. The molecule has 98 valence electrons. The van der Waals surface area contributed by atoms with Crippen molar-refractivity contribution in [2.45, 2.75) is 38.6 Å². The fourth-order valence-electron chi connectivity index (χ4n) is 2.07. The molecule has 0 unspecified atom stereocenters. The summed E-state index contributed by atoms with van der Waals surface area (Å²) in [5.74, 6) is -0.554. The molecule has 1 amide bonds. The van der Waals surface area contributed by atoms with Crippen molar-refractivity contribution < 1.29 is 9.18 Å². The van der Waals surface area contributed by atoms with Crippen molar-refractivity contribution in [2.75, 3.05) is 12.3 Å². The van der Waals surface area contributed by atoms with Gasteiger partial charge in [0.25, 0.3) is 5.91 Å². The summed E-state index contributed by atoms with van der Waals surface area (Å²) in [4.78, 5) is 14.2. The van der Waals surface area contributed by atoms with E-state index in [1.807, 2.05) is 4.90 Å². The topological polar surface area (TPSA) is 46.3 Å². The highest BCUT2D eigenvalue weighted by molar-refractivity contribution is 5.95. The first kappa shape index (κ1) is 12.9. The zero-order valence-corrected chi connectivity index (χ0v) is 10.7. The van der Waals surface area contributed by atoms with Crippen LogP contribution in [0.3, 0.4) is 0 Å². The van der Waals surface area contributed by atoms with Crippen LogP contribution in [0.25, 0.3) is 0 Å². The van der Waals surface area contributed by atoms with Crippen molar-refractivity contribution in [1.82, 2.24) is 4.90 Å². The van der Waals surface area contributed by atoms with E-state index in [0.29, 0.717) is 17.3 Å². The second-order valence-corrected chi connectivity index (χ2v) is 4.86. The van der Waals surface area contributed by atoms with Gasteiger partial charge in [0.2, 0.25) is 0 Å². The average Bonchev–Trinajstić information content (AvgIpc) is 3.12. The van der Waals surface area contributed by atoms with Crippen molar-refractivity contribution in [1.29, 1.82) is 0 Å². The maximum Gasteiger partial charge on any atom is 0.254 e. The van der Waals surface area contributed by atoms with Gasteiger partial charge in [-0.15, -0.1) is 0 Å². The van der Waals surface area contributed by atoms with Gasteiger partial charge >= 0.3 is 0 Å². The maximum atomic E-state index is 13.3. The highest BCUT2D eigenvalue weighted by atomic mass is 19.1. The average molecular weight is 250 g/mol. The minimum Gasteiger partial charge on any atom is -0.399 e. The lowest BCUT2D eigenvalue weighted by atomic mass is 10.1. The molecule has 2 N–H and O–H groups in total. The molecular weight excluding hydrogens is 231 g/mol. The third-order valence-electron chi connectivity index (χ3n) is 3.17. The summed E-state index contributed by atoms with van der Waals surface area (Å²) >= 11 is 0. The molecule has 4 heteroatoms. The number of hydrogen-bond donors (Lipinski definition) is 1. The Balaban J connectivity index is 2.16. The number of amides is 1. The van der Waals surface area contributed by atoms with Gasteiger partial charge in [-0.3, -0.25) is 4.79 Å².